The van der Waals surface area contributed by atoms with Crippen LogP contribution in [0.25, 0.3) is 0 Å². The Balaban J connectivity index is 0.00000139. The third-order valence-electron chi connectivity index (χ3n) is 2.54. The van der Waals surface area contributed by atoms with Crippen LogP contribution in [0.3, 0.4) is 0 Å². The zero-order valence-electron chi connectivity index (χ0n) is 13.9. The van der Waals surface area contributed by atoms with Crippen molar-refractivity contribution in [2.45, 2.75) is 20.8 Å². The van der Waals surface area contributed by atoms with Crippen molar-refractivity contribution in [1.82, 2.24) is 4.98 Å². The summed E-state index contributed by atoms with van der Waals surface area (Å²) in [6, 6.07) is 8.21. The van der Waals surface area contributed by atoms with Crippen molar-refractivity contribution in [3.8, 4) is 17.4 Å². The van der Waals surface area contributed by atoms with E-state index in [2.05, 4.69) is 4.98 Å². The van der Waals surface area contributed by atoms with Crippen molar-refractivity contribution >= 4 is 23.3 Å². The van der Waals surface area contributed by atoms with E-state index in [1.165, 1.54) is 6.20 Å². The van der Waals surface area contributed by atoms with Gasteiger partial charge in [0.25, 0.3) is 5.88 Å². The number of nitrogens with two attached hydrogens (primary N) is 1. The maximum Gasteiger partial charge on any atom is 0.344 e. The maximum absolute atomic E-state index is 11.3. The van der Waals surface area contributed by atoms with Crippen molar-refractivity contribution in [3.63, 3.8) is 0 Å². The second-order valence-electron chi connectivity index (χ2n) is 4.19. The highest BCUT2D eigenvalue weighted by Crippen LogP contribution is 2.34. The first-order valence-corrected chi connectivity index (χ1v) is 7.94. The number of esters is 1. The molecule has 0 fully saturated rings. The van der Waals surface area contributed by atoms with Crippen LogP contribution >= 0.6 is 11.6 Å². The van der Waals surface area contributed by atoms with Gasteiger partial charge in [0, 0.05) is 11.9 Å². The molecule has 0 bridgehead atoms. The number of anilines is 1. The summed E-state index contributed by atoms with van der Waals surface area (Å²) in [5.41, 5.74) is 6.16. The SMILES string of the molecule is CC.CCOC(=O)COc1ncccc1Oc1ccc(N)cc1Cl. The third-order valence-corrected chi connectivity index (χ3v) is 2.84. The van der Waals surface area contributed by atoms with Crippen LogP contribution in [0.5, 0.6) is 17.4 Å². The van der Waals surface area contributed by atoms with Gasteiger partial charge in [-0.1, -0.05) is 25.4 Å². The quantitative estimate of drug-likeness (QED) is 0.623. The van der Waals surface area contributed by atoms with Crippen LogP contribution in [-0.4, -0.2) is 24.2 Å². The Morgan fingerprint density at radius 1 is 1.25 bits per heavy atom. The Morgan fingerprint density at radius 3 is 2.67 bits per heavy atom. The number of carbonyl (C=O) groups excluding carboxylic acids is 1. The molecule has 24 heavy (non-hydrogen) atoms. The third kappa shape index (κ3) is 5.96. The largest absolute Gasteiger partial charge is 0.463 e. The number of carbonyl (C=O) groups is 1. The number of pyridine rings is 1. The van der Waals surface area contributed by atoms with Crippen LogP contribution in [0.1, 0.15) is 20.8 Å². The first-order chi connectivity index (χ1) is 11.6. The summed E-state index contributed by atoms with van der Waals surface area (Å²) in [6.45, 7) is 5.75. The highest BCUT2D eigenvalue weighted by molar-refractivity contribution is 6.32. The molecule has 7 heteroatoms. The first kappa shape index (κ1) is 19.6. The summed E-state index contributed by atoms with van der Waals surface area (Å²) in [5, 5.41) is 0.361. The molecule has 2 rings (SSSR count). The lowest BCUT2D eigenvalue weighted by Gasteiger charge is -2.12. The van der Waals surface area contributed by atoms with E-state index in [0.29, 0.717) is 22.2 Å². The molecule has 0 radical (unpaired) electrons. The second-order valence-corrected chi connectivity index (χ2v) is 4.60. The highest BCUT2D eigenvalue weighted by Gasteiger charge is 2.12. The molecule has 2 N–H and O–H groups in total. The van der Waals surface area contributed by atoms with Gasteiger partial charge in [0.1, 0.15) is 5.75 Å². The van der Waals surface area contributed by atoms with E-state index in [1.54, 1.807) is 37.3 Å². The molecule has 0 aliphatic carbocycles. The number of benzene rings is 1. The summed E-state index contributed by atoms with van der Waals surface area (Å²) in [7, 11) is 0. The summed E-state index contributed by atoms with van der Waals surface area (Å²) < 4.78 is 15.8. The van der Waals surface area contributed by atoms with Crippen molar-refractivity contribution in [2.75, 3.05) is 18.9 Å². The average Bonchev–Trinajstić information content (AvgIpc) is 2.58. The molecular formula is C17H21ClN2O4. The van der Waals surface area contributed by atoms with Crippen molar-refractivity contribution < 1.29 is 19.0 Å². The van der Waals surface area contributed by atoms with Gasteiger partial charge in [-0.15, -0.1) is 0 Å². The predicted octanol–water partition coefficient (Wildman–Crippen LogP) is 4.08. The lowest BCUT2D eigenvalue weighted by Crippen LogP contribution is -2.15. The molecule has 130 valence electrons. The number of ether oxygens (including phenoxy) is 3. The molecule has 0 aliphatic rings. The van der Waals surface area contributed by atoms with Gasteiger partial charge < -0.3 is 19.9 Å². The maximum atomic E-state index is 11.3. The summed E-state index contributed by atoms with van der Waals surface area (Å²) in [5.74, 6) is 0.427. The van der Waals surface area contributed by atoms with Crippen LogP contribution in [-0.2, 0) is 9.53 Å². The minimum Gasteiger partial charge on any atom is -0.463 e. The van der Waals surface area contributed by atoms with Gasteiger partial charge in [0.2, 0.25) is 0 Å². The number of halogens is 1. The standard InChI is InChI=1S/C15H15ClN2O4.C2H6/c1-2-20-14(19)9-21-15-13(4-3-7-18-15)22-12-6-5-10(17)8-11(12)16;1-2/h3-8H,2,9,17H2,1H3;1-2H3. The Kier molecular flexibility index (Phi) is 8.43. The molecule has 0 spiro atoms. The molecule has 0 atom stereocenters. The Labute approximate surface area is 146 Å². The Morgan fingerprint density at radius 2 is 2.00 bits per heavy atom. The van der Waals surface area contributed by atoms with Gasteiger partial charge in [0.15, 0.2) is 12.4 Å². The zero-order chi connectivity index (χ0) is 17.9. The van der Waals surface area contributed by atoms with Crippen LogP contribution < -0.4 is 15.2 Å². The van der Waals surface area contributed by atoms with Gasteiger partial charge in [-0.25, -0.2) is 9.78 Å². The summed E-state index contributed by atoms with van der Waals surface area (Å²) >= 11 is 6.06. The summed E-state index contributed by atoms with van der Waals surface area (Å²) in [4.78, 5) is 15.4. The van der Waals surface area contributed by atoms with Gasteiger partial charge in [-0.2, -0.15) is 0 Å². The van der Waals surface area contributed by atoms with E-state index in [-0.39, 0.29) is 19.1 Å². The van der Waals surface area contributed by atoms with E-state index >= 15 is 0 Å². The van der Waals surface area contributed by atoms with Gasteiger partial charge in [0.05, 0.1) is 11.6 Å². The topological polar surface area (TPSA) is 83.7 Å². The minimum atomic E-state index is -0.482. The van der Waals surface area contributed by atoms with Crippen LogP contribution in [0.2, 0.25) is 5.02 Å². The number of aromatic nitrogens is 1. The molecule has 0 aliphatic heterocycles. The molecule has 0 unspecified atom stereocenters. The van der Waals surface area contributed by atoms with E-state index < -0.39 is 5.97 Å². The smallest absolute Gasteiger partial charge is 0.344 e. The fourth-order valence-electron chi connectivity index (χ4n) is 1.61. The minimum absolute atomic E-state index is 0.170. The number of hydrogen-bond acceptors (Lipinski definition) is 6. The van der Waals surface area contributed by atoms with Gasteiger partial charge in [-0.3, -0.25) is 0 Å². The van der Waals surface area contributed by atoms with E-state index in [0.717, 1.165) is 0 Å². The van der Waals surface area contributed by atoms with E-state index in [4.69, 9.17) is 31.5 Å². The number of hydrogen-bond donors (Lipinski definition) is 1. The molecule has 6 nitrogen and oxygen atoms in total. The van der Waals surface area contributed by atoms with E-state index in [9.17, 15) is 4.79 Å². The number of nitrogen functional groups attached to an aromatic ring is 1. The average molecular weight is 353 g/mol. The lowest BCUT2D eigenvalue weighted by atomic mass is 10.3. The second kappa shape index (κ2) is 10.3. The van der Waals surface area contributed by atoms with Crippen LogP contribution in [0.15, 0.2) is 36.5 Å². The first-order valence-electron chi connectivity index (χ1n) is 7.56. The molecule has 0 saturated carbocycles. The van der Waals surface area contributed by atoms with Gasteiger partial charge >= 0.3 is 5.97 Å². The fraction of sp³-hybridized carbons (Fsp3) is 0.294. The normalized spacial score (nSPS) is 9.50. The molecule has 1 heterocycles. The molecular weight excluding hydrogens is 332 g/mol. The number of rotatable bonds is 6. The van der Waals surface area contributed by atoms with Crippen LogP contribution in [0.4, 0.5) is 5.69 Å². The molecule has 1 aromatic carbocycles. The molecule has 2 aromatic rings. The molecule has 0 amide bonds. The van der Waals surface area contributed by atoms with Crippen molar-refractivity contribution in [2.24, 2.45) is 0 Å². The highest BCUT2D eigenvalue weighted by atomic mass is 35.5. The molecule has 1 aromatic heterocycles. The van der Waals surface area contributed by atoms with Crippen molar-refractivity contribution in [1.29, 1.82) is 0 Å². The number of nitrogens with zero attached hydrogens (tertiary/aromatic N) is 1. The summed E-state index contributed by atoms with van der Waals surface area (Å²) in [6.07, 6.45) is 1.53. The Bertz CT molecular complexity index is 665. The Hall–Kier alpha value is -2.47. The van der Waals surface area contributed by atoms with Crippen molar-refractivity contribution in [3.05, 3.63) is 41.6 Å². The van der Waals surface area contributed by atoms with E-state index in [1.807, 2.05) is 13.8 Å². The molecule has 0 saturated heterocycles. The zero-order valence-corrected chi connectivity index (χ0v) is 14.7. The lowest BCUT2D eigenvalue weighted by molar-refractivity contribution is -0.145. The fourth-order valence-corrected chi connectivity index (χ4v) is 1.84. The van der Waals surface area contributed by atoms with Gasteiger partial charge in [-0.05, 0) is 37.3 Å². The van der Waals surface area contributed by atoms with Crippen LogP contribution in [0, 0.1) is 0 Å². The monoisotopic (exact) mass is 352 g/mol. The predicted molar refractivity (Wildman–Crippen MR) is 93.7 cm³/mol.